The number of nitrogens with one attached hydrogen (secondary N) is 2. The maximum Gasteiger partial charge on any atom is 0.191 e. The first-order valence-corrected chi connectivity index (χ1v) is 10.6. The highest BCUT2D eigenvalue weighted by molar-refractivity contribution is 5.79. The van der Waals surface area contributed by atoms with Crippen LogP contribution in [0.25, 0.3) is 0 Å². The highest BCUT2D eigenvalue weighted by atomic mass is 16.5. The van der Waals surface area contributed by atoms with Crippen molar-refractivity contribution in [1.82, 2.24) is 25.3 Å². The maximum absolute atomic E-state index is 5.64. The van der Waals surface area contributed by atoms with Crippen molar-refractivity contribution in [3.8, 4) is 0 Å². The SMILES string of the molecule is CCNC(=NCc1cccc(CN2CCOC(C)C2)c1)NCCCn1cccn1. The van der Waals surface area contributed by atoms with Gasteiger partial charge in [-0.05, 0) is 37.5 Å². The molecule has 1 atom stereocenters. The molecule has 0 spiro atoms. The average Bonchev–Trinajstić information content (AvgIpc) is 3.23. The Hall–Kier alpha value is -2.38. The molecular formula is C22H34N6O. The predicted molar refractivity (Wildman–Crippen MR) is 117 cm³/mol. The van der Waals surface area contributed by atoms with Crippen molar-refractivity contribution in [2.75, 3.05) is 32.8 Å². The molecule has 1 unspecified atom stereocenters. The highest BCUT2D eigenvalue weighted by Gasteiger charge is 2.16. The number of ether oxygens (including phenoxy) is 1. The summed E-state index contributed by atoms with van der Waals surface area (Å²) in [7, 11) is 0. The molecule has 0 saturated carbocycles. The lowest BCUT2D eigenvalue weighted by Gasteiger charge is -2.31. The Labute approximate surface area is 174 Å². The van der Waals surface area contributed by atoms with E-state index in [-0.39, 0.29) is 0 Å². The Morgan fingerprint density at radius 2 is 2.17 bits per heavy atom. The largest absolute Gasteiger partial charge is 0.376 e. The van der Waals surface area contributed by atoms with Gasteiger partial charge in [-0.2, -0.15) is 5.10 Å². The monoisotopic (exact) mass is 398 g/mol. The Balaban J connectivity index is 1.48. The molecule has 1 aromatic carbocycles. The zero-order valence-electron chi connectivity index (χ0n) is 17.7. The van der Waals surface area contributed by atoms with Crippen molar-refractivity contribution in [3.63, 3.8) is 0 Å². The first-order chi connectivity index (χ1) is 14.2. The summed E-state index contributed by atoms with van der Waals surface area (Å²) in [5, 5.41) is 11.0. The number of hydrogen-bond acceptors (Lipinski definition) is 4. The molecule has 0 radical (unpaired) electrons. The number of rotatable bonds is 9. The van der Waals surface area contributed by atoms with Gasteiger partial charge >= 0.3 is 0 Å². The Morgan fingerprint density at radius 1 is 1.28 bits per heavy atom. The minimum Gasteiger partial charge on any atom is -0.376 e. The van der Waals surface area contributed by atoms with Crippen molar-refractivity contribution < 1.29 is 4.74 Å². The molecule has 1 saturated heterocycles. The van der Waals surface area contributed by atoms with Crippen LogP contribution in [0.15, 0.2) is 47.7 Å². The van der Waals surface area contributed by atoms with Crippen LogP contribution in [0.1, 0.15) is 31.4 Å². The molecule has 2 aromatic rings. The first-order valence-electron chi connectivity index (χ1n) is 10.6. The van der Waals surface area contributed by atoms with Crippen LogP contribution >= 0.6 is 0 Å². The van der Waals surface area contributed by atoms with Crippen molar-refractivity contribution >= 4 is 5.96 Å². The van der Waals surface area contributed by atoms with E-state index in [1.165, 1.54) is 11.1 Å². The standard InChI is InChI=1S/C22H34N6O/c1-3-23-22(24-9-5-11-28-12-6-10-26-28)25-16-20-7-4-8-21(15-20)18-27-13-14-29-19(2)17-27/h4,6-8,10,12,15,19H,3,5,9,11,13-14,16-18H2,1-2H3,(H2,23,24,25). The molecule has 158 valence electrons. The van der Waals surface area contributed by atoms with E-state index in [4.69, 9.17) is 9.73 Å². The number of guanidine groups is 1. The van der Waals surface area contributed by atoms with Crippen molar-refractivity contribution in [1.29, 1.82) is 0 Å². The van der Waals surface area contributed by atoms with Crippen LogP contribution in [0.2, 0.25) is 0 Å². The maximum atomic E-state index is 5.64. The molecule has 7 nitrogen and oxygen atoms in total. The second kappa shape index (κ2) is 11.6. The fourth-order valence-corrected chi connectivity index (χ4v) is 3.51. The summed E-state index contributed by atoms with van der Waals surface area (Å²) < 4.78 is 7.59. The number of morpholine rings is 1. The zero-order valence-corrected chi connectivity index (χ0v) is 17.7. The van der Waals surface area contributed by atoms with Crippen LogP contribution < -0.4 is 10.6 Å². The minimum atomic E-state index is 0.318. The number of benzene rings is 1. The lowest BCUT2D eigenvalue weighted by atomic mass is 10.1. The second-order valence-electron chi connectivity index (χ2n) is 7.48. The fourth-order valence-electron chi connectivity index (χ4n) is 3.51. The molecule has 29 heavy (non-hydrogen) atoms. The highest BCUT2D eigenvalue weighted by Crippen LogP contribution is 2.12. The van der Waals surface area contributed by atoms with E-state index in [0.717, 1.165) is 58.3 Å². The molecule has 0 amide bonds. The third kappa shape index (κ3) is 7.51. The quantitative estimate of drug-likeness (QED) is 0.385. The van der Waals surface area contributed by atoms with E-state index < -0.39 is 0 Å². The Kier molecular flexibility index (Phi) is 8.52. The van der Waals surface area contributed by atoms with Gasteiger partial charge in [-0.15, -0.1) is 0 Å². The number of hydrogen-bond donors (Lipinski definition) is 2. The first kappa shape index (κ1) is 21.3. The van der Waals surface area contributed by atoms with Crippen LogP contribution in [0.3, 0.4) is 0 Å². The molecule has 2 heterocycles. The lowest BCUT2D eigenvalue weighted by Crippen LogP contribution is -2.40. The van der Waals surface area contributed by atoms with E-state index in [1.54, 1.807) is 0 Å². The van der Waals surface area contributed by atoms with Gasteiger partial charge in [0.05, 0.1) is 19.3 Å². The van der Waals surface area contributed by atoms with E-state index in [1.807, 2.05) is 23.1 Å². The third-order valence-corrected chi connectivity index (χ3v) is 4.90. The van der Waals surface area contributed by atoms with Gasteiger partial charge in [0.1, 0.15) is 0 Å². The molecular weight excluding hydrogens is 364 g/mol. The summed E-state index contributed by atoms with van der Waals surface area (Å²) in [6, 6.07) is 10.7. The fraction of sp³-hybridized carbons (Fsp3) is 0.545. The molecule has 1 aliphatic heterocycles. The smallest absolute Gasteiger partial charge is 0.191 e. The minimum absolute atomic E-state index is 0.318. The molecule has 2 N–H and O–H groups in total. The van der Waals surface area contributed by atoms with Crippen LogP contribution in [-0.4, -0.2) is 59.5 Å². The molecule has 3 rings (SSSR count). The van der Waals surface area contributed by atoms with Gasteiger partial charge < -0.3 is 15.4 Å². The number of nitrogens with zero attached hydrogens (tertiary/aromatic N) is 4. The topological polar surface area (TPSA) is 66.7 Å². The van der Waals surface area contributed by atoms with Gasteiger partial charge in [0.25, 0.3) is 0 Å². The Morgan fingerprint density at radius 3 is 2.97 bits per heavy atom. The second-order valence-corrected chi connectivity index (χ2v) is 7.48. The summed E-state index contributed by atoms with van der Waals surface area (Å²) in [5.41, 5.74) is 2.57. The van der Waals surface area contributed by atoms with Gasteiger partial charge in [-0.25, -0.2) is 4.99 Å². The van der Waals surface area contributed by atoms with Crippen LogP contribution in [0.5, 0.6) is 0 Å². The molecule has 0 aliphatic carbocycles. The number of aliphatic imine (C=N–C) groups is 1. The summed E-state index contributed by atoms with van der Waals surface area (Å²) in [4.78, 5) is 7.22. The third-order valence-electron chi connectivity index (χ3n) is 4.90. The number of aromatic nitrogens is 2. The van der Waals surface area contributed by atoms with E-state index in [9.17, 15) is 0 Å². The normalized spacial score (nSPS) is 18.0. The summed E-state index contributed by atoms with van der Waals surface area (Å²) >= 11 is 0. The van der Waals surface area contributed by atoms with Gasteiger partial charge in [-0.1, -0.05) is 24.3 Å². The number of aryl methyl sites for hydroxylation is 1. The van der Waals surface area contributed by atoms with Crippen LogP contribution in [0.4, 0.5) is 0 Å². The van der Waals surface area contributed by atoms with Gasteiger partial charge in [0, 0.05) is 51.7 Å². The molecule has 7 heteroatoms. The van der Waals surface area contributed by atoms with Crippen molar-refractivity contribution in [3.05, 3.63) is 53.9 Å². The average molecular weight is 399 g/mol. The molecule has 1 aliphatic rings. The summed E-state index contributed by atoms with van der Waals surface area (Å²) in [6.45, 7) is 11.3. The predicted octanol–water partition coefficient (Wildman–Crippen LogP) is 2.25. The van der Waals surface area contributed by atoms with Crippen LogP contribution in [-0.2, 0) is 24.4 Å². The molecule has 1 fully saturated rings. The van der Waals surface area contributed by atoms with Crippen molar-refractivity contribution in [2.45, 2.75) is 46.0 Å². The van der Waals surface area contributed by atoms with E-state index in [0.29, 0.717) is 12.6 Å². The van der Waals surface area contributed by atoms with Crippen molar-refractivity contribution in [2.24, 2.45) is 4.99 Å². The van der Waals surface area contributed by atoms with Gasteiger partial charge in [0.15, 0.2) is 5.96 Å². The van der Waals surface area contributed by atoms with Crippen LogP contribution in [0, 0.1) is 0 Å². The Bertz CT molecular complexity index is 746. The summed E-state index contributed by atoms with van der Waals surface area (Å²) in [5.74, 6) is 0.861. The molecule has 1 aromatic heterocycles. The van der Waals surface area contributed by atoms with Gasteiger partial charge in [0.2, 0.25) is 0 Å². The van der Waals surface area contributed by atoms with E-state index >= 15 is 0 Å². The summed E-state index contributed by atoms with van der Waals surface area (Å²) in [6.07, 6.45) is 5.12. The molecule has 0 bridgehead atoms. The van der Waals surface area contributed by atoms with E-state index in [2.05, 4.69) is 58.7 Å². The zero-order chi connectivity index (χ0) is 20.3. The van der Waals surface area contributed by atoms with Gasteiger partial charge in [-0.3, -0.25) is 9.58 Å². The lowest BCUT2D eigenvalue weighted by molar-refractivity contribution is -0.0212.